The van der Waals surface area contributed by atoms with Crippen LogP contribution in [0.4, 0.5) is 5.69 Å². The lowest BCUT2D eigenvalue weighted by atomic mass is 10.2. The van der Waals surface area contributed by atoms with Crippen molar-refractivity contribution in [3.05, 3.63) is 66.7 Å². The fourth-order valence-electron chi connectivity index (χ4n) is 2.14. The van der Waals surface area contributed by atoms with Crippen molar-refractivity contribution in [2.45, 2.75) is 13.3 Å². The molecule has 0 aliphatic carbocycles. The van der Waals surface area contributed by atoms with Gasteiger partial charge in [0.1, 0.15) is 18.1 Å². The van der Waals surface area contributed by atoms with Crippen molar-refractivity contribution in [1.29, 1.82) is 0 Å². The lowest BCUT2D eigenvalue weighted by Crippen LogP contribution is -2.34. The van der Waals surface area contributed by atoms with Crippen LogP contribution in [0.15, 0.2) is 61.2 Å². The molecule has 0 aromatic heterocycles. The monoisotopic (exact) mass is 370 g/mol. The summed E-state index contributed by atoms with van der Waals surface area (Å²) in [5.41, 5.74) is 1.15. The molecule has 1 amide bonds. The average Bonchev–Trinajstić information content (AvgIpc) is 2.65. The predicted molar refractivity (Wildman–Crippen MR) is 108 cm³/mol. The molecule has 0 saturated carbocycles. The minimum Gasteiger partial charge on any atom is -0.493 e. The summed E-state index contributed by atoms with van der Waals surface area (Å²) in [5.74, 6) is 0.894. The average molecular weight is 370 g/mol. The number of hydrogen-bond acceptors (Lipinski definition) is 4. The van der Waals surface area contributed by atoms with E-state index >= 15 is 0 Å². The third kappa shape index (κ3) is 5.89. The molecule has 0 aliphatic rings. The van der Waals surface area contributed by atoms with Gasteiger partial charge in [0.25, 0.3) is 5.91 Å². The van der Waals surface area contributed by atoms with Crippen molar-refractivity contribution in [1.82, 2.24) is 5.32 Å². The van der Waals surface area contributed by atoms with Gasteiger partial charge in [-0.2, -0.15) is 0 Å². The summed E-state index contributed by atoms with van der Waals surface area (Å²) in [4.78, 5) is 12.5. The van der Waals surface area contributed by atoms with Gasteiger partial charge in [0.2, 0.25) is 0 Å². The second-order valence-corrected chi connectivity index (χ2v) is 5.79. The molecule has 26 heavy (non-hydrogen) atoms. The summed E-state index contributed by atoms with van der Waals surface area (Å²) in [6, 6.07) is 14.4. The van der Waals surface area contributed by atoms with Gasteiger partial charge in [-0.25, -0.2) is 0 Å². The molecule has 0 spiro atoms. The Hall–Kier alpha value is -2.86. The molecule has 136 valence electrons. The fourth-order valence-corrected chi connectivity index (χ4v) is 2.35. The summed E-state index contributed by atoms with van der Waals surface area (Å²) >= 11 is 5.23. The number of hydrogen-bond donors (Lipinski definition) is 2. The van der Waals surface area contributed by atoms with Crippen LogP contribution in [0, 0.1) is 0 Å². The lowest BCUT2D eigenvalue weighted by molar-refractivity contribution is 0.0973. The number of carbonyl (C=O) groups is 1. The van der Waals surface area contributed by atoms with Gasteiger partial charge in [0.15, 0.2) is 5.11 Å². The van der Waals surface area contributed by atoms with Crippen LogP contribution in [0.25, 0.3) is 0 Å². The Morgan fingerprint density at radius 3 is 2.77 bits per heavy atom. The van der Waals surface area contributed by atoms with Crippen molar-refractivity contribution in [2.24, 2.45) is 0 Å². The molecule has 2 aromatic rings. The molecule has 0 atom stereocenters. The Labute approximate surface area is 159 Å². The van der Waals surface area contributed by atoms with Crippen molar-refractivity contribution in [3.63, 3.8) is 0 Å². The summed E-state index contributed by atoms with van der Waals surface area (Å²) < 4.78 is 11.1. The number of benzene rings is 2. The van der Waals surface area contributed by atoms with Crippen LogP contribution in [0.2, 0.25) is 0 Å². The minimum absolute atomic E-state index is 0.196. The van der Waals surface area contributed by atoms with E-state index in [2.05, 4.69) is 17.2 Å². The molecule has 0 aliphatic heterocycles. The number of amides is 1. The van der Waals surface area contributed by atoms with Gasteiger partial charge in [0, 0.05) is 11.8 Å². The number of carbonyl (C=O) groups excluding carboxylic acids is 1. The van der Waals surface area contributed by atoms with Crippen LogP contribution < -0.4 is 20.1 Å². The van der Waals surface area contributed by atoms with Gasteiger partial charge >= 0.3 is 0 Å². The number of para-hydroxylation sites is 1. The highest BCUT2D eigenvalue weighted by molar-refractivity contribution is 7.80. The van der Waals surface area contributed by atoms with Gasteiger partial charge in [0.05, 0.1) is 12.2 Å². The molecule has 2 rings (SSSR count). The Balaban J connectivity index is 1.99. The molecule has 0 saturated heterocycles. The maximum Gasteiger partial charge on any atom is 0.261 e. The molecule has 2 aromatic carbocycles. The fraction of sp³-hybridized carbons (Fsp3) is 0.200. The summed E-state index contributed by atoms with van der Waals surface area (Å²) in [7, 11) is 0. The second kappa shape index (κ2) is 10.2. The molecule has 0 heterocycles. The molecule has 0 radical (unpaired) electrons. The van der Waals surface area contributed by atoms with Crippen LogP contribution in [0.3, 0.4) is 0 Å². The van der Waals surface area contributed by atoms with E-state index < -0.39 is 0 Å². The van der Waals surface area contributed by atoms with Crippen molar-refractivity contribution < 1.29 is 14.3 Å². The summed E-state index contributed by atoms with van der Waals surface area (Å²) in [6.45, 7) is 6.59. The third-order valence-electron chi connectivity index (χ3n) is 3.28. The molecule has 5 nitrogen and oxygen atoms in total. The van der Waals surface area contributed by atoms with Crippen LogP contribution in [0.5, 0.6) is 11.5 Å². The molecule has 0 bridgehead atoms. The first-order valence-electron chi connectivity index (χ1n) is 8.32. The van der Waals surface area contributed by atoms with E-state index in [-0.39, 0.29) is 11.0 Å². The molecular weight excluding hydrogens is 348 g/mol. The highest BCUT2D eigenvalue weighted by Crippen LogP contribution is 2.19. The van der Waals surface area contributed by atoms with Gasteiger partial charge in [-0.3, -0.25) is 10.1 Å². The Kier molecular flexibility index (Phi) is 7.64. The summed E-state index contributed by atoms with van der Waals surface area (Å²) in [6.07, 6.45) is 2.53. The van der Waals surface area contributed by atoms with Crippen LogP contribution >= 0.6 is 12.2 Å². The summed E-state index contributed by atoms with van der Waals surface area (Å²) in [5, 5.41) is 5.84. The number of anilines is 1. The number of thiocarbonyl (C=S) groups is 1. The Morgan fingerprint density at radius 1 is 1.19 bits per heavy atom. The zero-order valence-corrected chi connectivity index (χ0v) is 15.5. The van der Waals surface area contributed by atoms with E-state index in [1.807, 2.05) is 31.2 Å². The quantitative estimate of drug-likeness (QED) is 0.540. The normalized spacial score (nSPS) is 9.88. The number of rotatable bonds is 8. The molecule has 0 unspecified atom stereocenters. The van der Waals surface area contributed by atoms with E-state index in [4.69, 9.17) is 21.7 Å². The van der Waals surface area contributed by atoms with Gasteiger partial charge in [-0.1, -0.05) is 37.8 Å². The SMILES string of the molecule is C=CCOc1cccc(NC(=S)NC(=O)c2ccccc2OCCC)c1. The lowest BCUT2D eigenvalue weighted by Gasteiger charge is -2.13. The topological polar surface area (TPSA) is 59.6 Å². The Morgan fingerprint density at radius 2 is 2.00 bits per heavy atom. The first-order chi connectivity index (χ1) is 12.6. The largest absolute Gasteiger partial charge is 0.493 e. The predicted octanol–water partition coefficient (Wildman–Crippen LogP) is 4.17. The Bertz CT molecular complexity index is 777. The zero-order valence-electron chi connectivity index (χ0n) is 14.7. The third-order valence-corrected chi connectivity index (χ3v) is 3.48. The van der Waals surface area contributed by atoms with E-state index in [1.54, 1.807) is 30.3 Å². The maximum absolute atomic E-state index is 12.5. The van der Waals surface area contributed by atoms with Gasteiger partial charge in [-0.05, 0) is 42.9 Å². The standard InChI is InChI=1S/C20H22N2O3S/c1-3-12-24-16-9-7-8-15(14-16)21-20(26)22-19(23)17-10-5-6-11-18(17)25-13-4-2/h3,5-11,14H,1,4,12-13H2,2H3,(H2,21,22,23,26). The maximum atomic E-state index is 12.5. The highest BCUT2D eigenvalue weighted by Gasteiger charge is 2.13. The molecule has 6 heteroatoms. The number of nitrogens with one attached hydrogen (secondary N) is 2. The van der Waals surface area contributed by atoms with E-state index in [0.29, 0.717) is 36.0 Å². The smallest absolute Gasteiger partial charge is 0.261 e. The van der Waals surface area contributed by atoms with Crippen molar-refractivity contribution in [3.8, 4) is 11.5 Å². The molecule has 2 N–H and O–H groups in total. The van der Waals surface area contributed by atoms with E-state index in [9.17, 15) is 4.79 Å². The van der Waals surface area contributed by atoms with Gasteiger partial charge < -0.3 is 14.8 Å². The number of ether oxygens (including phenoxy) is 2. The van der Waals surface area contributed by atoms with Crippen LogP contribution in [0.1, 0.15) is 23.7 Å². The molecular formula is C20H22N2O3S. The molecule has 0 fully saturated rings. The second-order valence-electron chi connectivity index (χ2n) is 5.38. The van der Waals surface area contributed by atoms with Crippen molar-refractivity contribution in [2.75, 3.05) is 18.5 Å². The van der Waals surface area contributed by atoms with Gasteiger partial charge in [-0.15, -0.1) is 0 Å². The van der Waals surface area contributed by atoms with Crippen LogP contribution in [-0.2, 0) is 0 Å². The van der Waals surface area contributed by atoms with Crippen LogP contribution in [-0.4, -0.2) is 24.2 Å². The van der Waals surface area contributed by atoms with E-state index in [0.717, 1.165) is 6.42 Å². The first kappa shape index (κ1) is 19.5. The zero-order chi connectivity index (χ0) is 18.8. The highest BCUT2D eigenvalue weighted by atomic mass is 32.1. The first-order valence-corrected chi connectivity index (χ1v) is 8.72. The van der Waals surface area contributed by atoms with E-state index in [1.165, 1.54) is 0 Å². The van der Waals surface area contributed by atoms with Crippen molar-refractivity contribution >= 4 is 28.9 Å². The minimum atomic E-state index is -0.326.